The highest BCUT2D eigenvalue weighted by Gasteiger charge is 2.32. The van der Waals surface area contributed by atoms with E-state index in [0.717, 1.165) is 19.3 Å². The fourth-order valence-electron chi connectivity index (χ4n) is 3.77. The standard InChI is InChI=1S/C21H35NO/c1-3-4-5-6-7-8-9-17-10-11-19-15-20(21(2,22)16-23)13-12-18(19)14-17/h10-11,14,20,23H,3-9,12-13,15-16,22H2,1-2H3/t20-,21+/m0/s1. The van der Waals surface area contributed by atoms with Gasteiger partial charge in [0.05, 0.1) is 6.61 Å². The van der Waals surface area contributed by atoms with Crippen molar-refractivity contribution in [3.05, 3.63) is 34.9 Å². The Labute approximate surface area is 142 Å². The molecule has 0 spiro atoms. The molecule has 0 bridgehead atoms. The predicted molar refractivity (Wildman–Crippen MR) is 98.7 cm³/mol. The highest BCUT2D eigenvalue weighted by molar-refractivity contribution is 5.35. The van der Waals surface area contributed by atoms with E-state index in [-0.39, 0.29) is 6.61 Å². The molecule has 1 aliphatic rings. The van der Waals surface area contributed by atoms with Crippen LogP contribution in [0.15, 0.2) is 18.2 Å². The molecule has 1 aliphatic carbocycles. The SMILES string of the molecule is CCCCCCCCc1ccc2c(c1)CC[C@H]([C@](C)(N)CO)C2. The zero-order valence-electron chi connectivity index (χ0n) is 15.1. The molecular weight excluding hydrogens is 282 g/mol. The van der Waals surface area contributed by atoms with Gasteiger partial charge in [0, 0.05) is 5.54 Å². The van der Waals surface area contributed by atoms with Crippen LogP contribution in [-0.2, 0) is 19.3 Å². The molecule has 2 rings (SSSR count). The smallest absolute Gasteiger partial charge is 0.0611 e. The fourth-order valence-corrected chi connectivity index (χ4v) is 3.77. The Hall–Kier alpha value is -0.860. The molecule has 0 saturated carbocycles. The third-order valence-corrected chi connectivity index (χ3v) is 5.59. The van der Waals surface area contributed by atoms with Gasteiger partial charge in [-0.2, -0.15) is 0 Å². The van der Waals surface area contributed by atoms with Crippen molar-refractivity contribution in [3.8, 4) is 0 Å². The van der Waals surface area contributed by atoms with Crippen LogP contribution >= 0.6 is 0 Å². The Balaban J connectivity index is 1.84. The van der Waals surface area contributed by atoms with Crippen LogP contribution < -0.4 is 5.73 Å². The van der Waals surface area contributed by atoms with Gasteiger partial charge in [-0.15, -0.1) is 0 Å². The number of hydrogen-bond acceptors (Lipinski definition) is 2. The summed E-state index contributed by atoms with van der Waals surface area (Å²) in [6.07, 6.45) is 12.6. The summed E-state index contributed by atoms with van der Waals surface area (Å²) in [7, 11) is 0. The monoisotopic (exact) mass is 317 g/mol. The van der Waals surface area contributed by atoms with Crippen molar-refractivity contribution >= 4 is 0 Å². The highest BCUT2D eigenvalue weighted by atomic mass is 16.3. The van der Waals surface area contributed by atoms with E-state index >= 15 is 0 Å². The van der Waals surface area contributed by atoms with Gasteiger partial charge >= 0.3 is 0 Å². The molecule has 0 heterocycles. The first-order valence-corrected chi connectivity index (χ1v) is 9.57. The lowest BCUT2D eigenvalue weighted by molar-refractivity contribution is 0.144. The number of benzene rings is 1. The molecular formula is C21H35NO. The Bertz CT molecular complexity index is 481. The number of nitrogens with two attached hydrogens (primary N) is 1. The number of fused-ring (bicyclic) bond motifs is 1. The average molecular weight is 318 g/mol. The highest BCUT2D eigenvalue weighted by Crippen LogP contribution is 2.32. The summed E-state index contributed by atoms with van der Waals surface area (Å²) in [5, 5.41) is 9.49. The average Bonchev–Trinajstić information content (AvgIpc) is 2.57. The molecule has 3 N–H and O–H groups in total. The molecule has 0 saturated heterocycles. The normalized spacial score (nSPS) is 20.1. The number of unbranched alkanes of at least 4 members (excludes halogenated alkanes) is 5. The van der Waals surface area contributed by atoms with Crippen molar-refractivity contribution in [1.29, 1.82) is 0 Å². The Kier molecular flexibility index (Phi) is 7.10. The number of aliphatic hydroxyl groups excluding tert-OH is 1. The molecule has 2 nitrogen and oxygen atoms in total. The molecule has 130 valence electrons. The minimum Gasteiger partial charge on any atom is -0.394 e. The summed E-state index contributed by atoms with van der Waals surface area (Å²) in [6.45, 7) is 4.32. The molecule has 0 aliphatic heterocycles. The summed E-state index contributed by atoms with van der Waals surface area (Å²) in [5.74, 6) is 0.393. The van der Waals surface area contributed by atoms with Crippen LogP contribution in [0.2, 0.25) is 0 Å². The molecule has 0 amide bonds. The van der Waals surface area contributed by atoms with Crippen molar-refractivity contribution in [3.63, 3.8) is 0 Å². The van der Waals surface area contributed by atoms with Crippen molar-refractivity contribution < 1.29 is 5.11 Å². The first-order valence-electron chi connectivity index (χ1n) is 9.57. The summed E-state index contributed by atoms with van der Waals surface area (Å²) < 4.78 is 0. The minimum atomic E-state index is -0.450. The van der Waals surface area contributed by atoms with Crippen LogP contribution in [-0.4, -0.2) is 17.3 Å². The summed E-state index contributed by atoms with van der Waals surface area (Å²) in [4.78, 5) is 0. The largest absolute Gasteiger partial charge is 0.394 e. The van der Waals surface area contributed by atoms with Gasteiger partial charge in [-0.3, -0.25) is 0 Å². The van der Waals surface area contributed by atoms with E-state index in [1.54, 1.807) is 0 Å². The third-order valence-electron chi connectivity index (χ3n) is 5.59. The van der Waals surface area contributed by atoms with Gasteiger partial charge in [0.25, 0.3) is 0 Å². The first-order chi connectivity index (χ1) is 11.1. The van der Waals surface area contributed by atoms with Gasteiger partial charge in [-0.05, 0) is 61.6 Å². The van der Waals surface area contributed by atoms with E-state index in [1.807, 2.05) is 6.92 Å². The molecule has 1 aromatic rings. The lowest BCUT2D eigenvalue weighted by Crippen LogP contribution is -2.49. The zero-order valence-corrected chi connectivity index (χ0v) is 15.1. The van der Waals surface area contributed by atoms with Crippen LogP contribution in [0.25, 0.3) is 0 Å². The molecule has 0 aromatic heterocycles. The number of hydrogen-bond donors (Lipinski definition) is 2. The lowest BCUT2D eigenvalue weighted by atomic mass is 9.74. The van der Waals surface area contributed by atoms with E-state index < -0.39 is 5.54 Å². The van der Waals surface area contributed by atoms with Crippen molar-refractivity contribution in [2.75, 3.05) is 6.61 Å². The maximum Gasteiger partial charge on any atom is 0.0611 e. The van der Waals surface area contributed by atoms with Crippen LogP contribution in [0.5, 0.6) is 0 Å². The van der Waals surface area contributed by atoms with E-state index in [2.05, 4.69) is 25.1 Å². The van der Waals surface area contributed by atoms with Gasteiger partial charge < -0.3 is 10.8 Å². The van der Waals surface area contributed by atoms with E-state index in [4.69, 9.17) is 5.73 Å². The van der Waals surface area contributed by atoms with Crippen molar-refractivity contribution in [1.82, 2.24) is 0 Å². The second kappa shape index (κ2) is 8.84. The van der Waals surface area contributed by atoms with Crippen LogP contribution in [0.1, 0.15) is 75.5 Å². The molecule has 0 fully saturated rings. The van der Waals surface area contributed by atoms with Gasteiger partial charge in [0.1, 0.15) is 0 Å². The quantitative estimate of drug-likeness (QED) is 0.663. The number of aliphatic hydroxyl groups is 1. The van der Waals surface area contributed by atoms with Crippen molar-refractivity contribution in [2.24, 2.45) is 11.7 Å². The molecule has 1 aromatic carbocycles. The van der Waals surface area contributed by atoms with Gasteiger partial charge in [-0.1, -0.05) is 57.2 Å². The lowest BCUT2D eigenvalue weighted by Gasteiger charge is -2.36. The van der Waals surface area contributed by atoms with Crippen molar-refractivity contribution in [2.45, 2.75) is 83.6 Å². The van der Waals surface area contributed by atoms with E-state index in [1.165, 1.54) is 61.6 Å². The molecule has 2 atom stereocenters. The first kappa shape index (κ1) is 18.5. The Morgan fingerprint density at radius 3 is 2.61 bits per heavy atom. The van der Waals surface area contributed by atoms with E-state index in [9.17, 15) is 5.11 Å². The Morgan fingerprint density at radius 1 is 1.13 bits per heavy atom. The fraction of sp³-hybridized carbons (Fsp3) is 0.714. The second-order valence-electron chi connectivity index (χ2n) is 7.72. The Morgan fingerprint density at radius 2 is 1.87 bits per heavy atom. The van der Waals surface area contributed by atoms with Gasteiger partial charge in [0.15, 0.2) is 0 Å². The maximum atomic E-state index is 9.49. The summed E-state index contributed by atoms with van der Waals surface area (Å²) >= 11 is 0. The van der Waals surface area contributed by atoms with Crippen LogP contribution in [0.3, 0.4) is 0 Å². The van der Waals surface area contributed by atoms with Gasteiger partial charge in [0.2, 0.25) is 0 Å². The molecule has 2 heteroatoms. The molecule has 0 unspecified atom stereocenters. The number of aryl methyl sites for hydroxylation is 2. The van der Waals surface area contributed by atoms with E-state index in [0.29, 0.717) is 5.92 Å². The second-order valence-corrected chi connectivity index (χ2v) is 7.72. The number of rotatable bonds is 9. The molecule has 23 heavy (non-hydrogen) atoms. The minimum absolute atomic E-state index is 0.0725. The third kappa shape index (κ3) is 5.32. The predicted octanol–water partition coefficient (Wildman–Crippen LogP) is 4.40. The zero-order chi connectivity index (χ0) is 16.7. The van der Waals surface area contributed by atoms with Crippen LogP contribution in [0, 0.1) is 5.92 Å². The summed E-state index contributed by atoms with van der Waals surface area (Å²) in [5.41, 5.74) is 10.2. The summed E-state index contributed by atoms with van der Waals surface area (Å²) in [6, 6.07) is 7.03. The molecule has 0 radical (unpaired) electrons. The topological polar surface area (TPSA) is 46.2 Å². The van der Waals surface area contributed by atoms with Gasteiger partial charge in [-0.25, -0.2) is 0 Å². The van der Waals surface area contributed by atoms with Crippen LogP contribution in [0.4, 0.5) is 0 Å². The maximum absolute atomic E-state index is 9.49.